The lowest BCUT2D eigenvalue weighted by molar-refractivity contribution is -0.154. The van der Waals surface area contributed by atoms with Gasteiger partial charge in [-0.3, -0.25) is 4.79 Å². The number of anilines is 2. The van der Waals surface area contributed by atoms with Crippen LogP contribution in [0.4, 0.5) is 16.0 Å². The minimum atomic E-state index is -1.16. The lowest BCUT2D eigenvalue weighted by Crippen LogP contribution is -2.44. The molecule has 0 aliphatic heterocycles. The molecule has 1 aliphatic rings. The Bertz CT molecular complexity index is 1100. The van der Waals surface area contributed by atoms with Crippen LogP contribution in [0.2, 0.25) is 0 Å². The molecule has 1 aliphatic carbocycles. The molecule has 4 rings (SSSR count). The maximum Gasteiger partial charge on any atom is 0.307 e. The molecular weight excluding hydrogens is 419 g/mol. The number of halogens is 1. The van der Waals surface area contributed by atoms with Crippen LogP contribution in [0, 0.1) is 17.2 Å². The second kappa shape index (κ2) is 7.97. The molecule has 0 unspecified atom stereocenters. The summed E-state index contributed by atoms with van der Waals surface area (Å²) in [6, 6.07) is 8.30. The number of thiazole rings is 1. The Labute approximate surface area is 183 Å². The number of rotatable bonds is 5. The first-order valence-electron chi connectivity index (χ1n) is 9.94. The van der Waals surface area contributed by atoms with Crippen molar-refractivity contribution in [2.45, 2.75) is 38.7 Å². The summed E-state index contributed by atoms with van der Waals surface area (Å²) in [5.74, 6) is -0.702. The zero-order valence-corrected chi connectivity index (χ0v) is 18.0. The average Bonchev–Trinajstić information content (AvgIpc) is 3.20. The number of nitrogens with one attached hydrogen (secondary N) is 1. The number of pyridine rings is 2. The van der Waals surface area contributed by atoms with Crippen LogP contribution in [-0.4, -0.2) is 31.1 Å². The summed E-state index contributed by atoms with van der Waals surface area (Å²) in [5, 5.41) is 24.4. The van der Waals surface area contributed by atoms with E-state index < -0.39 is 28.7 Å². The van der Waals surface area contributed by atoms with E-state index in [1.54, 1.807) is 12.3 Å². The van der Waals surface area contributed by atoms with Crippen molar-refractivity contribution in [3.63, 3.8) is 0 Å². The highest BCUT2D eigenvalue weighted by atomic mass is 32.1. The number of hydrogen-bond acceptors (Lipinski definition) is 7. The van der Waals surface area contributed by atoms with Crippen LogP contribution >= 0.6 is 11.3 Å². The Morgan fingerprint density at radius 3 is 2.68 bits per heavy atom. The van der Waals surface area contributed by atoms with Crippen molar-refractivity contribution >= 4 is 28.9 Å². The maximum atomic E-state index is 13.0. The maximum absolute atomic E-state index is 13.0. The molecule has 7 nitrogen and oxygen atoms in total. The quantitative estimate of drug-likeness (QED) is 0.531. The molecule has 0 radical (unpaired) electrons. The molecule has 0 bridgehead atoms. The van der Waals surface area contributed by atoms with Gasteiger partial charge in [-0.15, -0.1) is 11.3 Å². The number of aliphatic carboxylic acids is 1. The molecular formula is C22H23FN4O3S. The van der Waals surface area contributed by atoms with E-state index in [2.05, 4.69) is 20.3 Å². The van der Waals surface area contributed by atoms with Gasteiger partial charge in [0, 0.05) is 6.20 Å². The fourth-order valence-electron chi connectivity index (χ4n) is 4.21. The molecule has 31 heavy (non-hydrogen) atoms. The molecule has 9 heteroatoms. The van der Waals surface area contributed by atoms with E-state index in [0.717, 1.165) is 11.1 Å². The van der Waals surface area contributed by atoms with Gasteiger partial charge < -0.3 is 15.5 Å². The van der Waals surface area contributed by atoms with Gasteiger partial charge in [0.25, 0.3) is 0 Å². The molecule has 3 N–H and O–H groups in total. The first-order valence-corrected chi connectivity index (χ1v) is 10.8. The number of carboxylic acid groups (broad SMARTS) is 1. The van der Waals surface area contributed by atoms with Crippen LogP contribution in [0.3, 0.4) is 0 Å². The minimum absolute atomic E-state index is 0.329. The number of hydrogen-bond donors (Lipinski definition) is 3. The monoisotopic (exact) mass is 442 g/mol. The van der Waals surface area contributed by atoms with Crippen molar-refractivity contribution < 1.29 is 19.4 Å². The number of nitrogens with zero attached hydrogens (tertiary/aromatic N) is 3. The van der Waals surface area contributed by atoms with E-state index in [-0.39, 0.29) is 0 Å². The highest BCUT2D eigenvalue weighted by molar-refractivity contribution is 7.15. The van der Waals surface area contributed by atoms with E-state index in [0.29, 0.717) is 41.6 Å². The fourth-order valence-corrected chi connectivity index (χ4v) is 5.21. The van der Waals surface area contributed by atoms with E-state index >= 15 is 0 Å². The SMILES string of the molecule is CC1(C)C[C@@](O)(c2ncc(-c3cccc(Nc4ccc(F)cn4)n3)s2)CC[C@@H]1C(=O)O. The Hall–Kier alpha value is -2.91. The predicted octanol–water partition coefficient (Wildman–Crippen LogP) is 4.58. The van der Waals surface area contributed by atoms with Gasteiger partial charge in [0.15, 0.2) is 0 Å². The van der Waals surface area contributed by atoms with Crippen LogP contribution in [0.1, 0.15) is 38.1 Å². The van der Waals surface area contributed by atoms with Crippen molar-refractivity contribution in [3.8, 4) is 10.6 Å². The summed E-state index contributed by atoms with van der Waals surface area (Å²) in [5.41, 5.74) is -1.03. The van der Waals surface area contributed by atoms with Crippen molar-refractivity contribution in [2.24, 2.45) is 11.3 Å². The third-order valence-electron chi connectivity index (χ3n) is 5.72. The van der Waals surface area contributed by atoms with Gasteiger partial charge >= 0.3 is 5.97 Å². The average molecular weight is 443 g/mol. The van der Waals surface area contributed by atoms with Gasteiger partial charge in [-0.2, -0.15) is 0 Å². The molecule has 2 atom stereocenters. The van der Waals surface area contributed by atoms with Crippen LogP contribution in [0.15, 0.2) is 42.7 Å². The third kappa shape index (κ3) is 4.42. The van der Waals surface area contributed by atoms with E-state index in [9.17, 15) is 19.4 Å². The molecule has 0 amide bonds. The van der Waals surface area contributed by atoms with Crippen molar-refractivity contribution in [2.75, 3.05) is 5.32 Å². The molecule has 162 valence electrons. The second-order valence-corrected chi connectivity index (χ2v) is 9.58. The van der Waals surface area contributed by atoms with Crippen LogP contribution in [0.25, 0.3) is 10.6 Å². The van der Waals surface area contributed by atoms with Gasteiger partial charge in [-0.1, -0.05) is 19.9 Å². The Morgan fingerprint density at radius 1 is 1.19 bits per heavy atom. The zero-order valence-electron chi connectivity index (χ0n) is 17.2. The molecule has 0 spiro atoms. The Kier molecular flexibility index (Phi) is 5.49. The Morgan fingerprint density at radius 2 is 2.00 bits per heavy atom. The zero-order chi connectivity index (χ0) is 22.2. The topological polar surface area (TPSA) is 108 Å². The molecule has 0 aromatic carbocycles. The van der Waals surface area contributed by atoms with E-state index in [1.807, 2.05) is 26.0 Å². The highest BCUT2D eigenvalue weighted by Crippen LogP contribution is 2.50. The summed E-state index contributed by atoms with van der Waals surface area (Å²) >= 11 is 1.35. The largest absolute Gasteiger partial charge is 0.481 e. The second-order valence-electron chi connectivity index (χ2n) is 8.55. The van der Waals surface area contributed by atoms with Gasteiger partial charge in [0.1, 0.15) is 28.1 Å². The summed E-state index contributed by atoms with van der Waals surface area (Å²) < 4.78 is 13.0. The molecule has 1 fully saturated rings. The minimum Gasteiger partial charge on any atom is -0.481 e. The number of aromatic nitrogens is 3. The number of carbonyl (C=O) groups is 1. The summed E-state index contributed by atoms with van der Waals surface area (Å²) in [7, 11) is 0. The van der Waals surface area contributed by atoms with Crippen molar-refractivity contribution in [1.29, 1.82) is 0 Å². The summed E-state index contributed by atoms with van der Waals surface area (Å²) in [6.45, 7) is 3.76. The molecule has 3 aromatic rings. The lowest BCUT2D eigenvalue weighted by Gasteiger charge is -2.44. The molecule has 3 aromatic heterocycles. The van der Waals surface area contributed by atoms with Crippen LogP contribution in [0.5, 0.6) is 0 Å². The molecule has 1 saturated carbocycles. The molecule has 0 saturated heterocycles. The normalized spacial score (nSPS) is 22.8. The van der Waals surface area contributed by atoms with Crippen molar-refractivity contribution in [1.82, 2.24) is 15.0 Å². The van der Waals surface area contributed by atoms with Gasteiger partial charge in [-0.05, 0) is 48.9 Å². The van der Waals surface area contributed by atoms with E-state index in [4.69, 9.17) is 0 Å². The van der Waals surface area contributed by atoms with Gasteiger partial charge in [-0.25, -0.2) is 19.3 Å². The standard InChI is InChI=1S/C22H23FN4O3S/c1-21(2)12-22(30,9-8-14(21)19(28)29)20-25-11-16(31-20)15-4-3-5-18(26-15)27-17-7-6-13(23)10-24-17/h3-7,10-11,14,30H,8-9,12H2,1-2H3,(H,28,29)(H,24,26,27)/t14-,22-/m1/s1. The third-order valence-corrected chi connectivity index (χ3v) is 6.94. The highest BCUT2D eigenvalue weighted by Gasteiger charge is 2.49. The van der Waals surface area contributed by atoms with Crippen LogP contribution in [-0.2, 0) is 10.4 Å². The van der Waals surface area contributed by atoms with Crippen molar-refractivity contribution in [3.05, 3.63) is 53.6 Å². The van der Waals surface area contributed by atoms with E-state index in [1.165, 1.54) is 23.5 Å². The number of aliphatic hydroxyl groups is 1. The molecule has 3 heterocycles. The number of carboxylic acids is 1. The summed E-state index contributed by atoms with van der Waals surface area (Å²) in [6.07, 6.45) is 3.89. The first kappa shape index (κ1) is 21.3. The van der Waals surface area contributed by atoms with Crippen LogP contribution < -0.4 is 5.32 Å². The smallest absolute Gasteiger partial charge is 0.307 e. The van der Waals surface area contributed by atoms with Gasteiger partial charge in [0.05, 0.1) is 22.7 Å². The lowest BCUT2D eigenvalue weighted by atomic mass is 9.63. The predicted molar refractivity (Wildman–Crippen MR) is 115 cm³/mol. The Balaban J connectivity index is 1.55. The first-order chi connectivity index (χ1) is 14.7. The fraction of sp³-hybridized carbons (Fsp3) is 0.364. The van der Waals surface area contributed by atoms with Gasteiger partial charge in [0.2, 0.25) is 0 Å². The summed E-state index contributed by atoms with van der Waals surface area (Å²) in [4.78, 5) is 25.3.